The highest BCUT2D eigenvalue weighted by Gasteiger charge is 2.17. The van der Waals surface area contributed by atoms with Crippen molar-refractivity contribution in [2.24, 2.45) is 0 Å². The van der Waals surface area contributed by atoms with Crippen molar-refractivity contribution in [1.82, 2.24) is 4.98 Å². The molecule has 28 heavy (non-hydrogen) atoms. The van der Waals surface area contributed by atoms with Crippen LogP contribution in [0, 0.1) is 0 Å². The standard InChI is InChI=1S/C25H19NO2/c1-18(19-9-3-2-4-10-19)17-28-23-15-6-5-13-21(23)25(27)22-14-7-11-20-12-8-16-26-24(20)22/h2-16H,1,17H2. The molecule has 0 atom stereocenters. The second-order valence-corrected chi connectivity index (χ2v) is 6.46. The van der Waals surface area contributed by atoms with E-state index in [-0.39, 0.29) is 5.78 Å². The van der Waals surface area contributed by atoms with Gasteiger partial charge in [-0.25, -0.2) is 0 Å². The van der Waals surface area contributed by atoms with Crippen molar-refractivity contribution < 1.29 is 9.53 Å². The summed E-state index contributed by atoms with van der Waals surface area (Å²) in [6, 6.07) is 26.6. The van der Waals surface area contributed by atoms with Gasteiger partial charge in [-0.05, 0) is 35.4 Å². The van der Waals surface area contributed by atoms with Crippen LogP contribution in [0.5, 0.6) is 5.75 Å². The fourth-order valence-electron chi connectivity index (χ4n) is 3.13. The molecule has 0 N–H and O–H groups in total. The third-order valence-electron chi connectivity index (χ3n) is 4.59. The van der Waals surface area contributed by atoms with Crippen molar-refractivity contribution in [2.45, 2.75) is 0 Å². The summed E-state index contributed by atoms with van der Waals surface area (Å²) in [5.74, 6) is 0.433. The number of benzene rings is 3. The normalized spacial score (nSPS) is 10.6. The maximum Gasteiger partial charge on any atom is 0.198 e. The van der Waals surface area contributed by atoms with Gasteiger partial charge < -0.3 is 4.74 Å². The minimum absolute atomic E-state index is 0.106. The number of hydrogen-bond acceptors (Lipinski definition) is 3. The molecule has 4 rings (SSSR count). The van der Waals surface area contributed by atoms with Crippen LogP contribution in [0.3, 0.4) is 0 Å². The molecule has 3 aromatic carbocycles. The van der Waals surface area contributed by atoms with Crippen LogP contribution >= 0.6 is 0 Å². The minimum atomic E-state index is -0.106. The summed E-state index contributed by atoms with van der Waals surface area (Å²) in [5, 5.41) is 0.934. The van der Waals surface area contributed by atoms with E-state index in [0.717, 1.165) is 16.5 Å². The Hall–Kier alpha value is -3.72. The highest BCUT2D eigenvalue weighted by atomic mass is 16.5. The number of ketones is 1. The largest absolute Gasteiger partial charge is 0.488 e. The Morgan fingerprint density at radius 1 is 0.821 bits per heavy atom. The first-order valence-corrected chi connectivity index (χ1v) is 9.07. The Balaban J connectivity index is 1.62. The summed E-state index contributed by atoms with van der Waals surface area (Å²) in [5.41, 5.74) is 3.65. The molecule has 0 bridgehead atoms. The zero-order valence-electron chi connectivity index (χ0n) is 15.3. The van der Waals surface area contributed by atoms with E-state index < -0.39 is 0 Å². The first-order chi connectivity index (χ1) is 13.7. The van der Waals surface area contributed by atoms with Crippen LogP contribution in [0.2, 0.25) is 0 Å². The topological polar surface area (TPSA) is 39.2 Å². The van der Waals surface area contributed by atoms with Crippen molar-refractivity contribution >= 4 is 22.3 Å². The number of hydrogen-bond donors (Lipinski definition) is 0. The smallest absolute Gasteiger partial charge is 0.198 e. The van der Waals surface area contributed by atoms with Gasteiger partial charge >= 0.3 is 0 Å². The van der Waals surface area contributed by atoms with Gasteiger partial charge in [0.05, 0.1) is 11.1 Å². The molecule has 136 valence electrons. The number of ether oxygens (including phenoxy) is 1. The van der Waals surface area contributed by atoms with Crippen molar-refractivity contribution in [1.29, 1.82) is 0 Å². The van der Waals surface area contributed by atoms with Crippen LogP contribution in [0.4, 0.5) is 0 Å². The molecule has 3 nitrogen and oxygen atoms in total. The Kier molecular flexibility index (Phi) is 4.98. The summed E-state index contributed by atoms with van der Waals surface area (Å²) in [7, 11) is 0. The van der Waals surface area contributed by atoms with Gasteiger partial charge in [0.25, 0.3) is 0 Å². The van der Waals surface area contributed by atoms with Gasteiger partial charge in [0, 0.05) is 17.1 Å². The number of carbonyl (C=O) groups is 1. The Morgan fingerprint density at radius 3 is 2.39 bits per heavy atom. The van der Waals surface area contributed by atoms with Gasteiger partial charge in [-0.2, -0.15) is 0 Å². The Morgan fingerprint density at radius 2 is 1.54 bits per heavy atom. The van der Waals surface area contributed by atoms with Gasteiger partial charge in [0.15, 0.2) is 5.78 Å². The summed E-state index contributed by atoms with van der Waals surface area (Å²) in [6.45, 7) is 4.40. The van der Waals surface area contributed by atoms with Gasteiger partial charge in [-0.3, -0.25) is 9.78 Å². The molecular formula is C25H19NO2. The van der Waals surface area contributed by atoms with Crippen LogP contribution in [0.25, 0.3) is 16.5 Å². The quantitative estimate of drug-likeness (QED) is 0.420. The van der Waals surface area contributed by atoms with E-state index in [1.807, 2.05) is 72.8 Å². The van der Waals surface area contributed by atoms with Crippen LogP contribution in [-0.2, 0) is 0 Å². The zero-order chi connectivity index (χ0) is 19.3. The van der Waals surface area contributed by atoms with Crippen molar-refractivity contribution in [2.75, 3.05) is 6.61 Å². The number of carbonyl (C=O) groups excluding carboxylic acids is 1. The third-order valence-corrected chi connectivity index (χ3v) is 4.59. The Labute approximate surface area is 163 Å². The fourth-order valence-corrected chi connectivity index (χ4v) is 3.13. The first kappa shape index (κ1) is 17.7. The molecule has 0 fully saturated rings. The molecule has 0 radical (unpaired) electrons. The number of rotatable bonds is 6. The lowest BCUT2D eigenvalue weighted by Crippen LogP contribution is -2.08. The summed E-state index contributed by atoms with van der Waals surface area (Å²) in [6.07, 6.45) is 1.70. The maximum absolute atomic E-state index is 13.3. The second-order valence-electron chi connectivity index (χ2n) is 6.46. The van der Waals surface area contributed by atoms with Crippen molar-refractivity contribution in [3.63, 3.8) is 0 Å². The monoisotopic (exact) mass is 365 g/mol. The van der Waals surface area contributed by atoms with Gasteiger partial charge in [-0.15, -0.1) is 0 Å². The van der Waals surface area contributed by atoms with E-state index in [1.54, 1.807) is 18.3 Å². The number of aromatic nitrogens is 1. The molecule has 1 heterocycles. The van der Waals surface area contributed by atoms with Gasteiger partial charge in [0.1, 0.15) is 12.4 Å². The third kappa shape index (κ3) is 3.55. The van der Waals surface area contributed by atoms with E-state index in [4.69, 9.17) is 4.74 Å². The second kappa shape index (κ2) is 7.89. The van der Waals surface area contributed by atoms with Crippen LogP contribution in [0.15, 0.2) is 97.7 Å². The molecule has 0 aliphatic rings. The number of para-hydroxylation sites is 2. The predicted octanol–water partition coefficient (Wildman–Crippen LogP) is 5.56. The molecule has 1 aromatic heterocycles. The molecule has 0 aliphatic carbocycles. The van der Waals surface area contributed by atoms with Crippen LogP contribution in [0.1, 0.15) is 21.5 Å². The first-order valence-electron chi connectivity index (χ1n) is 9.07. The van der Waals surface area contributed by atoms with E-state index >= 15 is 0 Å². The van der Waals surface area contributed by atoms with Crippen LogP contribution < -0.4 is 4.74 Å². The molecule has 0 unspecified atom stereocenters. The summed E-state index contributed by atoms with van der Waals surface area (Å²) in [4.78, 5) is 17.6. The number of fused-ring (bicyclic) bond motifs is 1. The van der Waals surface area contributed by atoms with Crippen molar-refractivity contribution in [3.05, 3.63) is 114 Å². The zero-order valence-corrected chi connectivity index (χ0v) is 15.3. The number of pyridine rings is 1. The highest BCUT2D eigenvalue weighted by molar-refractivity contribution is 6.16. The van der Waals surface area contributed by atoms with E-state index in [0.29, 0.717) is 29.0 Å². The van der Waals surface area contributed by atoms with Gasteiger partial charge in [0.2, 0.25) is 0 Å². The summed E-state index contributed by atoms with van der Waals surface area (Å²) < 4.78 is 5.97. The molecule has 0 aliphatic heterocycles. The number of nitrogens with zero attached hydrogens (tertiary/aromatic N) is 1. The highest BCUT2D eigenvalue weighted by Crippen LogP contribution is 2.26. The molecule has 0 saturated carbocycles. The molecule has 3 heteroatoms. The summed E-state index contributed by atoms with van der Waals surface area (Å²) >= 11 is 0. The molecule has 0 amide bonds. The van der Waals surface area contributed by atoms with Crippen LogP contribution in [-0.4, -0.2) is 17.4 Å². The Bertz CT molecular complexity index is 1140. The molecule has 0 saturated heterocycles. The van der Waals surface area contributed by atoms with E-state index in [9.17, 15) is 4.79 Å². The average molecular weight is 365 g/mol. The van der Waals surface area contributed by atoms with Gasteiger partial charge in [-0.1, -0.05) is 67.2 Å². The lowest BCUT2D eigenvalue weighted by atomic mass is 9.99. The van der Waals surface area contributed by atoms with E-state index in [1.165, 1.54) is 0 Å². The van der Waals surface area contributed by atoms with Crippen molar-refractivity contribution in [3.8, 4) is 5.75 Å². The molecule has 4 aromatic rings. The predicted molar refractivity (Wildman–Crippen MR) is 113 cm³/mol. The molecule has 0 spiro atoms. The fraction of sp³-hybridized carbons (Fsp3) is 0.0400. The maximum atomic E-state index is 13.3. The lowest BCUT2D eigenvalue weighted by Gasteiger charge is -2.13. The average Bonchev–Trinajstić information content (AvgIpc) is 2.77. The van der Waals surface area contributed by atoms with E-state index in [2.05, 4.69) is 11.6 Å². The lowest BCUT2D eigenvalue weighted by molar-refractivity contribution is 0.103. The minimum Gasteiger partial charge on any atom is -0.488 e. The SMILES string of the molecule is C=C(COc1ccccc1C(=O)c1cccc2cccnc12)c1ccccc1. The molecular weight excluding hydrogens is 346 g/mol.